The largest absolute Gasteiger partial charge is 0.517 e. The first-order valence-electron chi connectivity index (χ1n) is 9.16. The third kappa shape index (κ3) is 5.61. The second kappa shape index (κ2) is 10.2. The second-order valence-electron chi connectivity index (χ2n) is 6.83. The van der Waals surface area contributed by atoms with Crippen LogP contribution in [-0.4, -0.2) is 49.5 Å². The normalized spacial score (nSPS) is 12.5. The van der Waals surface area contributed by atoms with E-state index in [1.165, 1.54) is 0 Å². The monoisotopic (exact) mass is 630 g/mol. The predicted molar refractivity (Wildman–Crippen MR) is 111 cm³/mol. The summed E-state index contributed by atoms with van der Waals surface area (Å²) in [6, 6.07) is -1.07. The highest BCUT2D eigenvalue weighted by atomic mass is 32.2. The van der Waals surface area contributed by atoms with Gasteiger partial charge in [0.2, 0.25) is 11.6 Å². The number of hydrogen-bond acceptors (Lipinski definition) is 10. The van der Waals surface area contributed by atoms with E-state index in [4.69, 9.17) is 0 Å². The Kier molecular flexibility index (Phi) is 8.13. The smallest absolute Gasteiger partial charge is 0.262 e. The number of rotatable bonds is 6. The molecule has 218 valence electrons. The number of alkyl halides is 6. The number of halogens is 8. The zero-order valence-electron chi connectivity index (χ0n) is 18.2. The van der Waals surface area contributed by atoms with E-state index in [2.05, 4.69) is 0 Å². The molecule has 0 heterocycles. The number of sulfonamides is 2. The standard InChI is InChI=1S/C16H6F8N4O10S2/c17-9-3-1-7(5-11(9)27(31)32)25(39(35,36)15(19,20)21)13(29)14(30)26(40(37,38)16(22,23)24)8-2-4-10(18)12(6-8)28(33)34/h1-6H. The van der Waals surface area contributed by atoms with Crippen LogP contribution in [0, 0.1) is 31.9 Å². The van der Waals surface area contributed by atoms with E-state index in [0.717, 1.165) is 0 Å². The van der Waals surface area contributed by atoms with Crippen molar-refractivity contribution < 1.29 is 71.4 Å². The molecule has 2 aromatic rings. The topological polar surface area (TPSA) is 195 Å². The van der Waals surface area contributed by atoms with Crippen LogP contribution in [0.5, 0.6) is 0 Å². The van der Waals surface area contributed by atoms with Gasteiger partial charge in [-0.3, -0.25) is 29.8 Å². The minimum absolute atomic E-state index is 0.0812. The van der Waals surface area contributed by atoms with Crippen molar-refractivity contribution in [3.05, 3.63) is 68.3 Å². The van der Waals surface area contributed by atoms with E-state index < -0.39 is 95.7 Å². The Hall–Kier alpha value is -4.48. The van der Waals surface area contributed by atoms with Crippen LogP contribution < -0.4 is 8.61 Å². The Labute approximate surface area is 214 Å². The molecule has 0 spiro atoms. The third-order valence-electron chi connectivity index (χ3n) is 4.34. The molecule has 24 heteroatoms. The lowest BCUT2D eigenvalue weighted by molar-refractivity contribution is -0.387. The minimum Gasteiger partial charge on any atom is -0.262 e. The van der Waals surface area contributed by atoms with Gasteiger partial charge in [-0.2, -0.15) is 60.6 Å². The number of anilines is 2. The Balaban J connectivity index is 2.94. The molecular weight excluding hydrogens is 624 g/mol. The molecule has 0 bridgehead atoms. The molecule has 0 aliphatic carbocycles. The number of carbonyl (C=O) groups is 2. The summed E-state index contributed by atoms with van der Waals surface area (Å²) in [6.07, 6.45) is 0. The fourth-order valence-electron chi connectivity index (χ4n) is 2.65. The fourth-order valence-corrected chi connectivity index (χ4v) is 4.43. The number of nitrogens with zero attached hydrogens (tertiary/aromatic N) is 4. The zero-order chi connectivity index (χ0) is 31.2. The summed E-state index contributed by atoms with van der Waals surface area (Å²) in [7, 11) is -14.5. The van der Waals surface area contributed by atoms with Crippen LogP contribution >= 0.6 is 0 Å². The van der Waals surface area contributed by atoms with E-state index in [0.29, 0.717) is 0 Å². The van der Waals surface area contributed by atoms with Gasteiger partial charge in [-0.15, -0.1) is 0 Å². The summed E-state index contributed by atoms with van der Waals surface area (Å²) >= 11 is 0. The second-order valence-corrected chi connectivity index (χ2v) is 10.4. The third-order valence-corrected chi connectivity index (χ3v) is 7.22. The summed E-state index contributed by atoms with van der Waals surface area (Å²) in [4.78, 5) is 44.0. The van der Waals surface area contributed by atoms with Gasteiger partial charge in [-0.25, -0.2) is 0 Å². The lowest BCUT2D eigenvalue weighted by atomic mass is 10.2. The molecule has 2 amide bonds. The SMILES string of the molecule is O=C(C(=O)N(c1ccc(F)c([N+](=O)[O-])c1)S(=O)(=O)C(F)(F)F)N(c1ccc(F)c([N+](=O)[O-])c1)S(=O)(=O)C(F)(F)F. The van der Waals surface area contributed by atoms with Crippen molar-refractivity contribution in [1.29, 1.82) is 0 Å². The average molecular weight is 630 g/mol. The number of benzene rings is 2. The fraction of sp³-hybridized carbons (Fsp3) is 0.125. The highest BCUT2D eigenvalue weighted by Gasteiger charge is 2.58. The maximum absolute atomic E-state index is 13.7. The van der Waals surface area contributed by atoms with Gasteiger partial charge >= 0.3 is 54.3 Å². The lowest BCUT2D eigenvalue weighted by Gasteiger charge is -2.27. The van der Waals surface area contributed by atoms with Crippen molar-refractivity contribution in [2.45, 2.75) is 11.0 Å². The average Bonchev–Trinajstić information content (AvgIpc) is 2.79. The summed E-state index contributed by atoms with van der Waals surface area (Å²) in [6.45, 7) is 0. The van der Waals surface area contributed by atoms with Crippen LogP contribution in [0.3, 0.4) is 0 Å². The number of nitro groups is 2. The van der Waals surface area contributed by atoms with Crippen LogP contribution in [-0.2, 0) is 29.6 Å². The Morgan fingerprint density at radius 3 is 1.15 bits per heavy atom. The van der Waals surface area contributed by atoms with E-state index in [1.54, 1.807) is 0 Å². The van der Waals surface area contributed by atoms with Gasteiger partial charge in [0.05, 0.1) is 21.2 Å². The Morgan fingerprint density at radius 1 is 0.650 bits per heavy atom. The molecule has 0 aliphatic rings. The van der Waals surface area contributed by atoms with E-state index >= 15 is 0 Å². The highest BCUT2D eigenvalue weighted by Crippen LogP contribution is 2.37. The lowest BCUT2D eigenvalue weighted by Crippen LogP contribution is -2.54. The molecule has 2 aromatic carbocycles. The van der Waals surface area contributed by atoms with E-state index in [9.17, 15) is 81.8 Å². The molecule has 0 fully saturated rings. The van der Waals surface area contributed by atoms with Gasteiger partial charge in [0.25, 0.3) is 0 Å². The van der Waals surface area contributed by atoms with E-state index in [-0.39, 0.29) is 36.4 Å². The molecule has 0 N–H and O–H groups in total. The van der Waals surface area contributed by atoms with Gasteiger partial charge in [-0.1, -0.05) is 0 Å². The number of nitro benzene ring substituents is 2. The molecule has 40 heavy (non-hydrogen) atoms. The summed E-state index contributed by atoms with van der Waals surface area (Å²) < 4.78 is 152. The van der Waals surface area contributed by atoms with Crippen LogP contribution in [0.1, 0.15) is 0 Å². The van der Waals surface area contributed by atoms with Gasteiger partial charge in [-0.05, 0) is 24.3 Å². The van der Waals surface area contributed by atoms with Crippen molar-refractivity contribution in [1.82, 2.24) is 0 Å². The molecule has 0 atom stereocenters. The first kappa shape index (κ1) is 31.7. The van der Waals surface area contributed by atoms with Crippen molar-refractivity contribution in [2.75, 3.05) is 8.61 Å². The van der Waals surface area contributed by atoms with Crippen LogP contribution in [0.15, 0.2) is 36.4 Å². The van der Waals surface area contributed by atoms with Crippen LogP contribution in [0.4, 0.5) is 57.9 Å². The Morgan fingerprint density at radius 2 is 0.925 bits per heavy atom. The summed E-state index contributed by atoms with van der Waals surface area (Å²) in [5.41, 5.74) is -20.6. The predicted octanol–water partition coefficient (Wildman–Crippen LogP) is 2.85. The first-order valence-corrected chi connectivity index (χ1v) is 12.0. The molecule has 2 rings (SSSR count). The molecule has 0 radical (unpaired) electrons. The quantitative estimate of drug-likeness (QED) is 0.198. The van der Waals surface area contributed by atoms with Crippen molar-refractivity contribution in [2.24, 2.45) is 0 Å². The minimum atomic E-state index is -7.27. The molecule has 0 aromatic heterocycles. The van der Waals surface area contributed by atoms with Gasteiger partial charge in [0.1, 0.15) is 0 Å². The van der Waals surface area contributed by atoms with Gasteiger partial charge in [0.15, 0.2) is 0 Å². The highest BCUT2D eigenvalue weighted by molar-refractivity contribution is 7.95. The van der Waals surface area contributed by atoms with E-state index in [1.807, 2.05) is 0 Å². The summed E-state index contributed by atoms with van der Waals surface area (Å²) in [5.74, 6) is -10.3. The summed E-state index contributed by atoms with van der Waals surface area (Å²) in [5, 5.41) is 21.8. The number of carbonyl (C=O) groups excluding carboxylic acids is 2. The molecule has 0 saturated heterocycles. The zero-order valence-corrected chi connectivity index (χ0v) is 19.8. The maximum atomic E-state index is 13.7. The molecule has 0 aliphatic heterocycles. The van der Waals surface area contributed by atoms with Crippen molar-refractivity contribution in [3.8, 4) is 0 Å². The number of hydrogen-bond donors (Lipinski definition) is 0. The molecule has 14 nitrogen and oxygen atoms in total. The molecular formula is C16H6F8N4O10S2. The van der Waals surface area contributed by atoms with Crippen LogP contribution in [0.2, 0.25) is 0 Å². The molecule has 0 unspecified atom stereocenters. The maximum Gasteiger partial charge on any atom is 0.517 e. The number of amides is 2. The molecule has 0 saturated carbocycles. The van der Waals surface area contributed by atoms with Crippen LogP contribution in [0.25, 0.3) is 0 Å². The van der Waals surface area contributed by atoms with Crippen molar-refractivity contribution in [3.63, 3.8) is 0 Å². The first-order chi connectivity index (χ1) is 18.0. The van der Waals surface area contributed by atoms with Crippen molar-refractivity contribution >= 4 is 54.6 Å². The van der Waals surface area contributed by atoms with Gasteiger partial charge in [0, 0.05) is 12.1 Å². The van der Waals surface area contributed by atoms with Gasteiger partial charge < -0.3 is 0 Å². The Bertz CT molecular complexity index is 1520.